The van der Waals surface area contributed by atoms with Gasteiger partial charge in [0.05, 0.1) is 16.6 Å². The smallest absolute Gasteiger partial charge is 0.158 e. The first-order valence-electron chi connectivity index (χ1n) is 4.58. The molecule has 0 aromatic carbocycles. The molecule has 2 fully saturated rings. The van der Waals surface area contributed by atoms with E-state index < -0.39 is 26.7 Å². The molecular weight excluding hydrogens is 187 g/mol. The van der Waals surface area contributed by atoms with Gasteiger partial charge in [-0.15, -0.1) is 0 Å². The van der Waals surface area contributed by atoms with Gasteiger partial charge in [-0.05, 0) is 6.42 Å². The molecule has 0 saturated carbocycles. The largest absolute Gasteiger partial charge is 0.379 e. The second-order valence-electron chi connectivity index (χ2n) is 4.06. The molecule has 2 rings (SSSR count). The molecule has 3 nitrogen and oxygen atoms in total. The number of sulfone groups is 1. The zero-order valence-electron chi connectivity index (χ0n) is 7.86. The highest BCUT2D eigenvalue weighted by Crippen LogP contribution is 2.48. The van der Waals surface area contributed by atoms with E-state index in [1.807, 2.05) is 13.8 Å². The third-order valence-electron chi connectivity index (χ3n) is 3.48. The van der Waals surface area contributed by atoms with Crippen LogP contribution in [-0.4, -0.2) is 38.9 Å². The normalized spacial score (nSPS) is 52.6. The Morgan fingerprint density at radius 2 is 2.23 bits per heavy atom. The maximum absolute atomic E-state index is 11.6. The first-order valence-corrected chi connectivity index (χ1v) is 6.29. The summed E-state index contributed by atoms with van der Waals surface area (Å²) in [6.07, 6.45) is 0.720. The summed E-state index contributed by atoms with van der Waals surface area (Å²) in [7, 11) is 2.64. The van der Waals surface area contributed by atoms with E-state index in [0.717, 1.165) is 6.42 Å². The Balaban J connectivity index is 2.47. The maximum atomic E-state index is 11.6. The number of ether oxygens (including phenoxy) is 1. The average molecular weight is 200 g/mol. The van der Waals surface area contributed by atoms with Gasteiger partial charge in [0.15, 0.2) is 9.84 Å². The van der Waals surface area contributed by atoms with E-state index in [1.165, 1.54) is 0 Å². The zero-order valence-corrected chi connectivity index (χ0v) is 8.67. The van der Waals surface area contributed by atoms with E-state index in [2.05, 4.69) is 0 Å². The van der Waals surface area contributed by atoms with Gasteiger partial charge in [-0.3, -0.25) is 0 Å². The van der Waals surface area contributed by atoms with Gasteiger partial charge < -0.3 is 4.74 Å². The Hall–Kier alpha value is -0.0251. The molecule has 72 valence electrons. The fourth-order valence-electron chi connectivity index (χ4n) is 2.65. The quantitative estimate of drug-likeness (QED) is 0.563. The van der Waals surface area contributed by atoms with Gasteiger partial charge in [0.1, 0.15) is 7.85 Å². The molecule has 0 aromatic rings. The summed E-state index contributed by atoms with van der Waals surface area (Å²) in [5.41, 5.74) is -0.497. The molecule has 2 heterocycles. The number of hydrogen-bond acceptors (Lipinski definition) is 3. The topological polar surface area (TPSA) is 43.4 Å². The Kier molecular flexibility index (Phi) is 1.84. The highest BCUT2D eigenvalue weighted by atomic mass is 32.2. The van der Waals surface area contributed by atoms with E-state index in [4.69, 9.17) is 12.6 Å². The minimum Gasteiger partial charge on any atom is -0.379 e. The van der Waals surface area contributed by atoms with Crippen LogP contribution in [0.3, 0.4) is 0 Å². The van der Waals surface area contributed by atoms with Crippen molar-refractivity contribution in [2.45, 2.75) is 37.1 Å². The van der Waals surface area contributed by atoms with Crippen LogP contribution in [0, 0.1) is 5.92 Å². The van der Waals surface area contributed by atoms with Crippen LogP contribution < -0.4 is 0 Å². The van der Waals surface area contributed by atoms with Crippen LogP contribution >= 0.6 is 0 Å². The summed E-state index contributed by atoms with van der Waals surface area (Å²) < 4.78 is 28.8. The first-order chi connectivity index (χ1) is 5.93. The van der Waals surface area contributed by atoms with Crippen LogP contribution in [0.1, 0.15) is 20.3 Å². The standard InChI is InChI=1S/C8H13BO3S/c1-3-8-4-13(10,11)6(5(8)2)7(9)12-8/h5-7H,3-4H2,1-2H3/t5-,6?,7-,8+/m1/s1. The molecule has 2 aliphatic heterocycles. The summed E-state index contributed by atoms with van der Waals surface area (Å²) in [6.45, 7) is 3.87. The predicted octanol–water partition coefficient (Wildman–Crippen LogP) is 0.0931. The van der Waals surface area contributed by atoms with Crippen LogP contribution in [0.2, 0.25) is 0 Å². The van der Waals surface area contributed by atoms with Gasteiger partial charge in [0, 0.05) is 11.9 Å². The zero-order chi connectivity index (χ0) is 9.85. The second kappa shape index (κ2) is 2.51. The molecule has 0 N–H and O–H groups in total. The van der Waals surface area contributed by atoms with E-state index in [0.29, 0.717) is 0 Å². The van der Waals surface area contributed by atoms with Gasteiger partial charge in [-0.2, -0.15) is 0 Å². The van der Waals surface area contributed by atoms with Crippen molar-refractivity contribution in [1.82, 2.24) is 0 Å². The van der Waals surface area contributed by atoms with Gasteiger partial charge >= 0.3 is 0 Å². The first kappa shape index (κ1) is 9.53. The van der Waals surface area contributed by atoms with E-state index in [-0.39, 0.29) is 11.7 Å². The second-order valence-corrected chi connectivity index (χ2v) is 6.22. The lowest BCUT2D eigenvalue weighted by Gasteiger charge is -2.29. The molecule has 0 aliphatic carbocycles. The molecule has 2 bridgehead atoms. The van der Waals surface area contributed by atoms with E-state index in [9.17, 15) is 8.42 Å². The van der Waals surface area contributed by atoms with Gasteiger partial charge in [0.2, 0.25) is 0 Å². The molecule has 4 atom stereocenters. The van der Waals surface area contributed by atoms with E-state index >= 15 is 0 Å². The molecule has 2 saturated heterocycles. The molecule has 1 unspecified atom stereocenters. The van der Waals surface area contributed by atoms with Gasteiger partial charge in [0.25, 0.3) is 0 Å². The third-order valence-corrected chi connectivity index (χ3v) is 5.87. The molecule has 0 spiro atoms. The van der Waals surface area contributed by atoms with Crippen molar-refractivity contribution in [3.8, 4) is 0 Å². The lowest BCUT2D eigenvalue weighted by atomic mass is 9.85. The summed E-state index contributed by atoms with van der Waals surface area (Å²) >= 11 is 0. The molecule has 5 heteroatoms. The van der Waals surface area contributed by atoms with Crippen molar-refractivity contribution in [3.05, 3.63) is 0 Å². The Morgan fingerprint density at radius 3 is 2.54 bits per heavy atom. The summed E-state index contributed by atoms with van der Waals surface area (Å²) in [5.74, 6) is 0.188. The molecule has 2 radical (unpaired) electrons. The SMILES string of the molecule is [B][C@@H]1O[C@@]2(CC)CS(=O)(=O)C1[C@H]2C. The van der Waals surface area contributed by atoms with Crippen molar-refractivity contribution in [3.63, 3.8) is 0 Å². The highest BCUT2D eigenvalue weighted by molar-refractivity contribution is 7.92. The van der Waals surface area contributed by atoms with Crippen molar-refractivity contribution in [2.75, 3.05) is 5.75 Å². The van der Waals surface area contributed by atoms with Gasteiger partial charge in [-0.25, -0.2) is 8.42 Å². The van der Waals surface area contributed by atoms with Crippen LogP contribution in [0.15, 0.2) is 0 Å². The highest BCUT2D eigenvalue weighted by Gasteiger charge is 2.62. The molecule has 2 aliphatic rings. The van der Waals surface area contributed by atoms with Crippen molar-refractivity contribution in [1.29, 1.82) is 0 Å². The van der Waals surface area contributed by atoms with Crippen LogP contribution in [-0.2, 0) is 14.6 Å². The van der Waals surface area contributed by atoms with Crippen molar-refractivity contribution >= 4 is 17.7 Å². The average Bonchev–Trinajstić information content (AvgIpc) is 2.33. The van der Waals surface area contributed by atoms with E-state index in [1.54, 1.807) is 0 Å². The molecular formula is C8H13BO3S. The minimum atomic E-state index is -3.01. The summed E-state index contributed by atoms with van der Waals surface area (Å²) in [5, 5.41) is -0.479. The van der Waals surface area contributed by atoms with Crippen LogP contribution in [0.5, 0.6) is 0 Å². The number of rotatable bonds is 1. The lowest BCUT2D eigenvalue weighted by Crippen LogP contribution is -2.41. The fraction of sp³-hybridized carbons (Fsp3) is 1.00. The fourth-order valence-corrected chi connectivity index (χ4v) is 5.40. The molecule has 13 heavy (non-hydrogen) atoms. The summed E-state index contributed by atoms with van der Waals surface area (Å²) in [6, 6.07) is -0.617. The van der Waals surface area contributed by atoms with Crippen molar-refractivity contribution < 1.29 is 13.2 Å². The number of hydrogen-bond donors (Lipinski definition) is 0. The monoisotopic (exact) mass is 200 g/mol. The third kappa shape index (κ3) is 1.03. The predicted molar refractivity (Wildman–Crippen MR) is 50.4 cm³/mol. The number of fused-ring (bicyclic) bond motifs is 2. The Bertz CT molecular complexity index is 326. The molecule has 0 aromatic heterocycles. The molecule has 0 amide bonds. The Labute approximate surface area is 80.2 Å². The summed E-state index contributed by atoms with van der Waals surface area (Å²) in [4.78, 5) is 0. The Morgan fingerprint density at radius 1 is 1.62 bits per heavy atom. The van der Waals surface area contributed by atoms with Gasteiger partial charge in [-0.1, -0.05) is 13.8 Å². The van der Waals surface area contributed by atoms with Crippen LogP contribution in [0.4, 0.5) is 0 Å². The van der Waals surface area contributed by atoms with Crippen LogP contribution in [0.25, 0.3) is 0 Å². The van der Waals surface area contributed by atoms with Crippen molar-refractivity contribution in [2.24, 2.45) is 5.92 Å². The minimum absolute atomic E-state index is 0.0394. The lowest BCUT2D eigenvalue weighted by molar-refractivity contribution is -0.0170. The maximum Gasteiger partial charge on any atom is 0.158 e.